The van der Waals surface area contributed by atoms with Gasteiger partial charge in [0.15, 0.2) is 12.4 Å². The number of aromatic nitrogens is 1. The monoisotopic (exact) mass is 582 g/mol. The van der Waals surface area contributed by atoms with Crippen LogP contribution in [0.3, 0.4) is 0 Å². The van der Waals surface area contributed by atoms with E-state index in [0.717, 1.165) is 6.07 Å². The van der Waals surface area contributed by atoms with Gasteiger partial charge in [0.25, 0.3) is 23.1 Å². The van der Waals surface area contributed by atoms with Crippen LogP contribution in [0.5, 0.6) is 11.5 Å². The Balaban J connectivity index is 1.79. The number of nitrogens with zero attached hydrogens (tertiary/aromatic N) is 3. The van der Waals surface area contributed by atoms with Crippen molar-refractivity contribution in [3.8, 4) is 11.5 Å². The number of nitro benzene ring substituents is 1. The fraction of sp³-hybridized carbons (Fsp3) is 0.593. The molecule has 0 radical (unpaired) electrons. The topological polar surface area (TPSA) is 142 Å². The van der Waals surface area contributed by atoms with Crippen molar-refractivity contribution in [1.82, 2.24) is 14.8 Å². The summed E-state index contributed by atoms with van der Waals surface area (Å²) in [6.07, 6.45) is -0.482. The molecule has 2 heterocycles. The van der Waals surface area contributed by atoms with Gasteiger partial charge in [-0.15, -0.1) is 0 Å². The summed E-state index contributed by atoms with van der Waals surface area (Å²) < 4.78 is 47.7. The first kappa shape index (κ1) is 31.6. The summed E-state index contributed by atoms with van der Waals surface area (Å²) in [5.74, 6) is -5.88. The number of rotatable bonds is 9. The molecule has 0 saturated carbocycles. The van der Waals surface area contributed by atoms with Gasteiger partial charge in [0.1, 0.15) is 11.4 Å². The number of halogens is 2. The first-order valence-electron chi connectivity index (χ1n) is 13.2. The number of pyridine rings is 1. The van der Waals surface area contributed by atoms with E-state index in [-0.39, 0.29) is 60.6 Å². The minimum Gasteiger partial charge on any atom is -0.491 e. The summed E-state index contributed by atoms with van der Waals surface area (Å²) in [5.41, 5.74) is -1.44. The zero-order valence-electron chi connectivity index (χ0n) is 24.0. The van der Waals surface area contributed by atoms with E-state index in [4.69, 9.17) is 14.2 Å². The summed E-state index contributed by atoms with van der Waals surface area (Å²) in [5, 5.41) is 14.2. The van der Waals surface area contributed by atoms with Gasteiger partial charge in [-0.05, 0) is 39.7 Å². The van der Waals surface area contributed by atoms with Gasteiger partial charge >= 0.3 is 6.09 Å². The van der Waals surface area contributed by atoms with Gasteiger partial charge in [-0.25, -0.2) is 13.6 Å². The molecule has 3 rings (SSSR count). The van der Waals surface area contributed by atoms with Crippen LogP contribution in [0.2, 0.25) is 0 Å². The van der Waals surface area contributed by atoms with Gasteiger partial charge in [-0.1, -0.05) is 6.92 Å². The lowest BCUT2D eigenvalue weighted by Crippen LogP contribution is -2.55. The van der Waals surface area contributed by atoms with E-state index in [1.165, 1.54) is 42.6 Å². The summed E-state index contributed by atoms with van der Waals surface area (Å²) >= 11 is 0. The average Bonchev–Trinajstić information content (AvgIpc) is 2.88. The SMILES string of the molecule is CNC(=O)COc1cc2cc([N+](=O)[O-])cc(OCCC[C@H]3CN(C(=O)OC(C)(C)C)C[C@@H](C)C3(F)F)c2n(C)c1=O. The van der Waals surface area contributed by atoms with Crippen LogP contribution in [-0.2, 0) is 16.6 Å². The van der Waals surface area contributed by atoms with Gasteiger partial charge < -0.3 is 29.0 Å². The number of nitrogens with one attached hydrogen (secondary N) is 1. The molecule has 14 heteroatoms. The van der Waals surface area contributed by atoms with Gasteiger partial charge in [-0.2, -0.15) is 0 Å². The van der Waals surface area contributed by atoms with E-state index in [0.29, 0.717) is 0 Å². The molecule has 0 aliphatic carbocycles. The summed E-state index contributed by atoms with van der Waals surface area (Å²) in [6.45, 7) is 5.69. The number of aryl methyl sites for hydroxylation is 1. The van der Waals surface area contributed by atoms with E-state index < -0.39 is 52.4 Å². The molecular formula is C27H36F2N4O8. The maximum Gasteiger partial charge on any atom is 0.410 e. The van der Waals surface area contributed by atoms with Crippen molar-refractivity contribution in [2.75, 3.05) is 33.4 Å². The molecule has 2 aromatic rings. The van der Waals surface area contributed by atoms with E-state index in [9.17, 15) is 24.5 Å². The second-order valence-electron chi connectivity index (χ2n) is 11.1. The standard InChI is InChI=1S/C27H36F2N4O8/c1-16-13-32(25(36)41-26(2,3)4)14-18(27(16,28)29)8-7-9-39-20-12-19(33(37)38)10-17-11-21(40-15-22(34)30-5)24(35)31(6)23(17)20/h10-12,16,18H,7-9,13-15H2,1-6H3,(H,30,34)/t16-,18+/m1/s1. The van der Waals surface area contributed by atoms with Crippen molar-refractivity contribution in [2.45, 2.75) is 52.1 Å². The van der Waals surface area contributed by atoms with Crippen molar-refractivity contribution in [3.63, 3.8) is 0 Å². The molecule has 2 amide bonds. The first-order chi connectivity index (χ1) is 19.0. The number of ether oxygens (including phenoxy) is 3. The summed E-state index contributed by atoms with van der Waals surface area (Å²) in [4.78, 5) is 49.2. The number of fused-ring (bicyclic) bond motifs is 1. The Hall–Kier alpha value is -3.97. The number of carbonyl (C=O) groups excluding carboxylic acids is 2. The second kappa shape index (κ2) is 12.3. The number of benzene rings is 1. The molecule has 1 aromatic carbocycles. The number of alkyl halides is 2. The Kier molecular flexibility index (Phi) is 9.44. The Bertz CT molecular complexity index is 1370. The quantitative estimate of drug-likeness (QED) is 0.267. The summed E-state index contributed by atoms with van der Waals surface area (Å²) in [7, 11) is 2.83. The normalized spacial score (nSPS) is 18.6. The molecule has 1 aliphatic heterocycles. The highest BCUT2D eigenvalue weighted by atomic mass is 19.3. The Morgan fingerprint density at radius 2 is 1.85 bits per heavy atom. The van der Waals surface area contributed by atoms with Crippen LogP contribution in [0.25, 0.3) is 10.9 Å². The number of amides is 2. The molecule has 1 aliphatic rings. The number of likely N-dealkylation sites (N-methyl/N-ethyl adjacent to an activating group) is 1. The number of likely N-dealkylation sites (tertiary alicyclic amines) is 1. The molecule has 1 saturated heterocycles. The number of non-ortho nitro benzene ring substituents is 1. The highest BCUT2D eigenvalue weighted by Crippen LogP contribution is 2.40. The Morgan fingerprint density at radius 1 is 1.17 bits per heavy atom. The van der Waals surface area contributed by atoms with Crippen LogP contribution < -0.4 is 20.3 Å². The Morgan fingerprint density at radius 3 is 2.46 bits per heavy atom. The van der Waals surface area contributed by atoms with Crippen LogP contribution >= 0.6 is 0 Å². The number of carbonyl (C=O) groups is 2. The third-order valence-electron chi connectivity index (χ3n) is 6.82. The van der Waals surface area contributed by atoms with Crippen molar-refractivity contribution in [3.05, 3.63) is 38.7 Å². The summed E-state index contributed by atoms with van der Waals surface area (Å²) in [6, 6.07) is 3.69. The molecule has 226 valence electrons. The molecular weight excluding hydrogens is 546 g/mol. The zero-order chi connectivity index (χ0) is 30.7. The van der Waals surface area contributed by atoms with Crippen molar-refractivity contribution in [2.24, 2.45) is 18.9 Å². The first-order valence-corrected chi connectivity index (χ1v) is 13.2. The van der Waals surface area contributed by atoms with Gasteiger partial charge in [0, 0.05) is 50.5 Å². The van der Waals surface area contributed by atoms with Crippen molar-refractivity contribution in [1.29, 1.82) is 0 Å². The maximum absolute atomic E-state index is 15.0. The lowest BCUT2D eigenvalue weighted by Gasteiger charge is -2.42. The second-order valence-corrected chi connectivity index (χ2v) is 11.1. The molecule has 1 aromatic heterocycles. The van der Waals surface area contributed by atoms with Crippen LogP contribution in [0, 0.1) is 22.0 Å². The third kappa shape index (κ3) is 7.41. The fourth-order valence-corrected chi connectivity index (χ4v) is 4.68. The zero-order valence-corrected chi connectivity index (χ0v) is 24.0. The third-order valence-corrected chi connectivity index (χ3v) is 6.82. The number of hydrogen-bond acceptors (Lipinski definition) is 8. The lowest BCUT2D eigenvalue weighted by atomic mass is 9.83. The molecule has 0 spiro atoms. The number of piperidine rings is 1. The molecule has 0 unspecified atom stereocenters. The molecule has 41 heavy (non-hydrogen) atoms. The molecule has 2 atom stereocenters. The average molecular weight is 583 g/mol. The van der Waals surface area contributed by atoms with E-state index in [1.54, 1.807) is 20.8 Å². The maximum atomic E-state index is 15.0. The predicted molar refractivity (Wildman–Crippen MR) is 146 cm³/mol. The smallest absolute Gasteiger partial charge is 0.410 e. The lowest BCUT2D eigenvalue weighted by molar-refractivity contribution is -0.384. The molecule has 1 fully saturated rings. The highest BCUT2D eigenvalue weighted by Gasteiger charge is 2.50. The van der Waals surface area contributed by atoms with Crippen LogP contribution in [0.4, 0.5) is 19.3 Å². The number of nitro groups is 1. The van der Waals surface area contributed by atoms with Crippen LogP contribution in [0.1, 0.15) is 40.5 Å². The largest absolute Gasteiger partial charge is 0.491 e. The van der Waals surface area contributed by atoms with Crippen molar-refractivity contribution < 1.29 is 37.5 Å². The number of hydrogen-bond donors (Lipinski definition) is 1. The predicted octanol–water partition coefficient (Wildman–Crippen LogP) is 3.87. The minimum absolute atomic E-state index is 0.0138. The van der Waals surface area contributed by atoms with E-state index in [1.807, 2.05) is 0 Å². The van der Waals surface area contributed by atoms with E-state index in [2.05, 4.69) is 5.32 Å². The molecule has 12 nitrogen and oxygen atoms in total. The Labute approximate surface area is 235 Å². The van der Waals surface area contributed by atoms with Gasteiger partial charge in [0.2, 0.25) is 0 Å². The highest BCUT2D eigenvalue weighted by molar-refractivity contribution is 5.88. The van der Waals surface area contributed by atoms with Crippen LogP contribution in [-0.4, -0.2) is 71.3 Å². The molecule has 0 bridgehead atoms. The minimum atomic E-state index is -3.02. The van der Waals surface area contributed by atoms with E-state index >= 15 is 8.78 Å². The van der Waals surface area contributed by atoms with Gasteiger partial charge in [0.05, 0.1) is 23.1 Å². The van der Waals surface area contributed by atoms with Crippen LogP contribution in [0.15, 0.2) is 23.0 Å². The van der Waals surface area contributed by atoms with Gasteiger partial charge in [-0.3, -0.25) is 19.7 Å². The fourth-order valence-electron chi connectivity index (χ4n) is 4.68. The van der Waals surface area contributed by atoms with Crippen molar-refractivity contribution >= 4 is 28.6 Å². The molecule has 1 N–H and O–H groups in total.